The maximum absolute atomic E-state index is 11.1. The molecule has 0 spiro atoms. The van der Waals surface area contributed by atoms with E-state index in [1.807, 2.05) is 18.7 Å². The Morgan fingerprint density at radius 1 is 0.688 bits per heavy atom. The lowest BCUT2D eigenvalue weighted by Gasteiger charge is -2.04. The van der Waals surface area contributed by atoms with E-state index in [0.717, 1.165) is 20.7 Å². The zero-order chi connectivity index (χ0) is 23.2. The molecule has 0 saturated heterocycles. The van der Waals surface area contributed by atoms with Crippen LogP contribution in [-0.2, 0) is 0 Å². The van der Waals surface area contributed by atoms with Gasteiger partial charge in [0.25, 0.3) is 0 Å². The number of aryl methyl sites for hydroxylation is 2. The first-order valence-electron chi connectivity index (χ1n) is 12.9. The average Bonchev–Trinajstić information content (AvgIpc) is 3.26. The summed E-state index contributed by atoms with van der Waals surface area (Å²) in [6.07, 6.45) is 22.5. The third-order valence-electron chi connectivity index (χ3n) is 6.30. The molecule has 182 valence electrons. The molecule has 0 fully saturated rings. The third kappa shape index (κ3) is 9.34. The van der Waals surface area contributed by atoms with Gasteiger partial charge < -0.3 is 0 Å². The van der Waals surface area contributed by atoms with Crippen molar-refractivity contribution in [2.75, 3.05) is 5.75 Å². The normalized spacial score (nSPS) is 11.6. The maximum atomic E-state index is 11.1. The van der Waals surface area contributed by atoms with E-state index in [0.29, 0.717) is 5.00 Å². The number of thioether (sulfide) groups is 1. The van der Waals surface area contributed by atoms with Gasteiger partial charge in [-0.3, -0.25) is 10.1 Å². The van der Waals surface area contributed by atoms with Crippen molar-refractivity contribution in [3.63, 3.8) is 0 Å². The van der Waals surface area contributed by atoms with Crippen LogP contribution in [0, 0.1) is 24.0 Å². The van der Waals surface area contributed by atoms with Crippen molar-refractivity contribution in [2.24, 2.45) is 0 Å². The lowest BCUT2D eigenvalue weighted by molar-refractivity contribution is -0.380. The zero-order valence-electron chi connectivity index (χ0n) is 20.5. The van der Waals surface area contributed by atoms with Gasteiger partial charge in [-0.2, -0.15) is 0 Å². The molecule has 0 aliphatic rings. The molecule has 32 heavy (non-hydrogen) atoms. The van der Waals surface area contributed by atoms with Crippen LogP contribution in [0.4, 0.5) is 5.00 Å². The molecule has 2 heterocycles. The largest absolute Gasteiger partial charge is 0.329 e. The first-order valence-corrected chi connectivity index (χ1v) is 15.5. The minimum absolute atomic E-state index is 0.241. The van der Waals surface area contributed by atoms with Gasteiger partial charge in [0.2, 0.25) is 0 Å². The summed E-state index contributed by atoms with van der Waals surface area (Å²) in [6.45, 7) is 6.29. The van der Waals surface area contributed by atoms with Crippen LogP contribution in [-0.4, -0.2) is 10.7 Å². The smallest absolute Gasteiger partial charge is 0.258 e. The second-order valence-electron chi connectivity index (χ2n) is 9.11. The van der Waals surface area contributed by atoms with Crippen LogP contribution in [0.15, 0.2) is 4.21 Å². The number of rotatable bonds is 19. The Hall–Kier alpha value is -0.590. The topological polar surface area (TPSA) is 43.1 Å². The van der Waals surface area contributed by atoms with Gasteiger partial charge in [0.15, 0.2) is 0 Å². The predicted octanol–water partition coefficient (Wildman–Crippen LogP) is 10.8. The summed E-state index contributed by atoms with van der Waals surface area (Å²) in [5.74, 6) is 1.16. The predicted molar refractivity (Wildman–Crippen MR) is 146 cm³/mol. The summed E-state index contributed by atoms with van der Waals surface area (Å²) in [5.41, 5.74) is 2.09. The molecule has 0 saturated carbocycles. The molecule has 2 rings (SSSR count). The highest BCUT2D eigenvalue weighted by molar-refractivity contribution is 8.01. The number of thiophene rings is 2. The van der Waals surface area contributed by atoms with Crippen molar-refractivity contribution in [3.05, 3.63) is 21.2 Å². The zero-order valence-corrected chi connectivity index (χ0v) is 23.0. The van der Waals surface area contributed by atoms with Crippen LogP contribution in [0.5, 0.6) is 0 Å². The standard InChI is InChI=1S/C26H43NO2S3/c1-4-5-6-7-8-9-10-11-12-13-14-15-16-17-18-19-20-30-26-22(3)24-23(32-26)21(2)25(31-24)27(28)29/h4-20H2,1-3H3. The van der Waals surface area contributed by atoms with Gasteiger partial charge in [-0.15, -0.1) is 23.1 Å². The summed E-state index contributed by atoms with van der Waals surface area (Å²) in [4.78, 5) is 10.9. The Morgan fingerprint density at radius 3 is 1.56 bits per heavy atom. The highest BCUT2D eigenvalue weighted by Crippen LogP contribution is 2.47. The SMILES string of the molecule is CCCCCCCCCCCCCCCCCCSc1sc2c(C)c([N+](=O)[O-])sc2c1C. The fourth-order valence-corrected chi connectivity index (χ4v) is 8.24. The Bertz CT molecular complexity index is 797. The van der Waals surface area contributed by atoms with E-state index in [-0.39, 0.29) is 4.92 Å². The van der Waals surface area contributed by atoms with Crippen molar-refractivity contribution < 1.29 is 4.92 Å². The van der Waals surface area contributed by atoms with Crippen LogP contribution in [0.2, 0.25) is 0 Å². The van der Waals surface area contributed by atoms with Crippen LogP contribution in [0.1, 0.15) is 121 Å². The number of fused-ring (bicyclic) bond motifs is 1. The lowest BCUT2D eigenvalue weighted by atomic mass is 10.0. The molecular weight excluding hydrogens is 454 g/mol. The fraction of sp³-hybridized carbons (Fsp3) is 0.769. The van der Waals surface area contributed by atoms with Crippen molar-refractivity contribution in [3.8, 4) is 0 Å². The molecule has 0 radical (unpaired) electrons. The number of nitro groups is 1. The maximum Gasteiger partial charge on any atom is 0.329 e. The molecule has 3 nitrogen and oxygen atoms in total. The van der Waals surface area contributed by atoms with E-state index < -0.39 is 0 Å². The molecule has 0 bridgehead atoms. The van der Waals surface area contributed by atoms with Crippen LogP contribution < -0.4 is 0 Å². The highest BCUT2D eigenvalue weighted by atomic mass is 32.2. The number of hydrogen-bond donors (Lipinski definition) is 0. The molecule has 0 N–H and O–H groups in total. The molecule has 2 aromatic rings. The summed E-state index contributed by atoms with van der Waals surface area (Å²) < 4.78 is 3.59. The minimum Gasteiger partial charge on any atom is -0.258 e. The van der Waals surface area contributed by atoms with Gasteiger partial charge in [-0.25, -0.2) is 0 Å². The van der Waals surface area contributed by atoms with Crippen molar-refractivity contribution in [1.29, 1.82) is 0 Å². The van der Waals surface area contributed by atoms with E-state index in [4.69, 9.17) is 0 Å². The average molecular weight is 498 g/mol. The molecule has 0 aliphatic carbocycles. The molecule has 2 aromatic heterocycles. The van der Waals surface area contributed by atoms with Crippen molar-refractivity contribution in [2.45, 2.75) is 128 Å². The highest BCUT2D eigenvalue weighted by Gasteiger charge is 2.22. The van der Waals surface area contributed by atoms with Crippen molar-refractivity contribution in [1.82, 2.24) is 0 Å². The Balaban J connectivity index is 1.44. The Kier molecular flexibility index (Phi) is 13.9. The van der Waals surface area contributed by atoms with Crippen LogP contribution >= 0.6 is 34.4 Å². The lowest BCUT2D eigenvalue weighted by Crippen LogP contribution is -1.85. The Morgan fingerprint density at radius 2 is 1.12 bits per heavy atom. The van der Waals surface area contributed by atoms with Crippen molar-refractivity contribution >= 4 is 48.8 Å². The molecule has 0 amide bonds. The minimum atomic E-state index is -0.241. The fourth-order valence-electron chi connectivity index (χ4n) is 4.25. The molecule has 6 heteroatoms. The molecule has 0 aliphatic heterocycles. The second-order valence-corrected chi connectivity index (χ2v) is 12.5. The Labute approximate surface area is 207 Å². The first kappa shape index (κ1) is 27.7. The number of unbranched alkanes of at least 4 members (excludes halogenated alkanes) is 15. The second kappa shape index (κ2) is 16.1. The summed E-state index contributed by atoms with van der Waals surface area (Å²) >= 11 is 5.03. The van der Waals surface area contributed by atoms with E-state index >= 15 is 0 Å². The molecular formula is C26H43NO2S3. The van der Waals surface area contributed by atoms with Crippen LogP contribution in [0.3, 0.4) is 0 Å². The van der Waals surface area contributed by atoms with E-state index in [1.54, 1.807) is 11.3 Å². The summed E-state index contributed by atoms with van der Waals surface area (Å²) in [5, 5.41) is 11.5. The molecule has 0 unspecified atom stereocenters. The summed E-state index contributed by atoms with van der Waals surface area (Å²) in [7, 11) is 0. The molecule has 0 atom stereocenters. The number of hydrogen-bond acceptors (Lipinski definition) is 5. The van der Waals surface area contributed by atoms with E-state index in [1.165, 1.54) is 124 Å². The van der Waals surface area contributed by atoms with Crippen LogP contribution in [0.25, 0.3) is 9.40 Å². The van der Waals surface area contributed by atoms with Gasteiger partial charge in [0, 0.05) is 0 Å². The van der Waals surface area contributed by atoms with Gasteiger partial charge in [-0.05, 0) is 31.6 Å². The third-order valence-corrected chi connectivity index (χ3v) is 10.7. The van der Waals surface area contributed by atoms with E-state index in [9.17, 15) is 10.1 Å². The monoisotopic (exact) mass is 497 g/mol. The number of nitrogens with zero attached hydrogens (tertiary/aromatic N) is 1. The van der Waals surface area contributed by atoms with Gasteiger partial charge in [0.05, 0.1) is 24.1 Å². The quantitative estimate of drug-likeness (QED) is 0.0838. The van der Waals surface area contributed by atoms with Gasteiger partial charge >= 0.3 is 5.00 Å². The van der Waals surface area contributed by atoms with Gasteiger partial charge in [0.1, 0.15) is 0 Å². The summed E-state index contributed by atoms with van der Waals surface area (Å²) in [6, 6.07) is 0. The molecule has 0 aromatic carbocycles. The van der Waals surface area contributed by atoms with Gasteiger partial charge in [-0.1, -0.05) is 115 Å². The van der Waals surface area contributed by atoms with E-state index in [2.05, 4.69) is 13.8 Å². The first-order chi connectivity index (χ1) is 15.6.